The lowest BCUT2D eigenvalue weighted by atomic mass is 10.0. The van der Waals surface area contributed by atoms with Crippen molar-refractivity contribution in [3.05, 3.63) is 65.5 Å². The standard InChI is InChI=1S/C20H23N3O/c1-13(2)19(20-21-16-6-4-5-7-17(16)22-20)23-18(24)12-15-10-8-14(3)9-11-15/h4-11,13,19H,12H2,1-3H3,(H,21,22)(H,23,24). The molecule has 0 saturated carbocycles. The van der Waals surface area contributed by atoms with Crippen molar-refractivity contribution < 1.29 is 4.79 Å². The van der Waals surface area contributed by atoms with Crippen LogP contribution in [0, 0.1) is 12.8 Å². The average Bonchev–Trinajstić information content (AvgIpc) is 2.98. The summed E-state index contributed by atoms with van der Waals surface area (Å²) in [5, 5.41) is 3.12. The molecule has 2 N–H and O–H groups in total. The number of benzene rings is 2. The minimum absolute atomic E-state index is 0.0120. The second-order valence-corrected chi connectivity index (χ2v) is 6.59. The molecule has 0 saturated heterocycles. The number of aryl methyl sites for hydroxylation is 1. The minimum atomic E-state index is -0.129. The van der Waals surface area contributed by atoms with Gasteiger partial charge in [-0.2, -0.15) is 0 Å². The molecule has 1 unspecified atom stereocenters. The molecule has 1 aromatic heterocycles. The predicted octanol–water partition coefficient (Wildman–Crippen LogP) is 3.93. The first-order chi connectivity index (χ1) is 11.5. The van der Waals surface area contributed by atoms with Gasteiger partial charge in [0.25, 0.3) is 0 Å². The predicted molar refractivity (Wildman–Crippen MR) is 96.7 cm³/mol. The van der Waals surface area contributed by atoms with E-state index in [0.717, 1.165) is 22.4 Å². The van der Waals surface area contributed by atoms with Crippen LogP contribution in [-0.2, 0) is 11.2 Å². The number of rotatable bonds is 5. The molecule has 4 nitrogen and oxygen atoms in total. The van der Waals surface area contributed by atoms with Crippen molar-refractivity contribution in [1.82, 2.24) is 15.3 Å². The summed E-state index contributed by atoms with van der Waals surface area (Å²) in [5.41, 5.74) is 4.13. The van der Waals surface area contributed by atoms with E-state index in [-0.39, 0.29) is 17.9 Å². The van der Waals surface area contributed by atoms with Gasteiger partial charge in [0.05, 0.1) is 23.5 Å². The van der Waals surface area contributed by atoms with E-state index in [0.29, 0.717) is 6.42 Å². The van der Waals surface area contributed by atoms with Crippen LogP contribution in [-0.4, -0.2) is 15.9 Å². The first-order valence-electron chi connectivity index (χ1n) is 8.32. The topological polar surface area (TPSA) is 57.8 Å². The fourth-order valence-corrected chi connectivity index (χ4v) is 2.79. The summed E-state index contributed by atoms with van der Waals surface area (Å²) in [7, 11) is 0. The number of hydrogen-bond acceptors (Lipinski definition) is 2. The molecule has 0 radical (unpaired) electrons. The Morgan fingerprint density at radius 1 is 1.12 bits per heavy atom. The number of carbonyl (C=O) groups excluding carboxylic acids is 1. The average molecular weight is 321 g/mol. The summed E-state index contributed by atoms with van der Waals surface area (Å²) in [4.78, 5) is 20.4. The SMILES string of the molecule is Cc1ccc(CC(=O)NC(c2nc3ccccc3[nH]2)C(C)C)cc1. The van der Waals surface area contributed by atoms with Gasteiger partial charge in [-0.05, 0) is 30.5 Å². The Balaban J connectivity index is 1.76. The molecule has 0 aliphatic heterocycles. The van der Waals surface area contributed by atoms with Crippen LogP contribution in [0.5, 0.6) is 0 Å². The number of carbonyl (C=O) groups is 1. The van der Waals surface area contributed by atoms with E-state index in [1.807, 2.05) is 55.5 Å². The van der Waals surface area contributed by atoms with Crippen LogP contribution in [0.25, 0.3) is 11.0 Å². The van der Waals surface area contributed by atoms with E-state index in [9.17, 15) is 4.79 Å². The largest absolute Gasteiger partial charge is 0.346 e. The van der Waals surface area contributed by atoms with Crippen molar-refractivity contribution in [3.63, 3.8) is 0 Å². The number of imidazole rings is 1. The van der Waals surface area contributed by atoms with E-state index >= 15 is 0 Å². The molecule has 124 valence electrons. The van der Waals surface area contributed by atoms with Crippen LogP contribution in [0.15, 0.2) is 48.5 Å². The lowest BCUT2D eigenvalue weighted by molar-refractivity contribution is -0.121. The van der Waals surface area contributed by atoms with Gasteiger partial charge in [-0.1, -0.05) is 55.8 Å². The Morgan fingerprint density at radius 3 is 2.50 bits per heavy atom. The van der Waals surface area contributed by atoms with Crippen LogP contribution < -0.4 is 5.32 Å². The summed E-state index contributed by atoms with van der Waals surface area (Å²) < 4.78 is 0. The van der Waals surface area contributed by atoms with E-state index in [1.54, 1.807) is 0 Å². The van der Waals surface area contributed by atoms with Crippen LogP contribution in [0.4, 0.5) is 0 Å². The van der Waals surface area contributed by atoms with Gasteiger partial charge in [0.2, 0.25) is 5.91 Å². The number of nitrogens with one attached hydrogen (secondary N) is 2. The van der Waals surface area contributed by atoms with Crippen LogP contribution in [0.2, 0.25) is 0 Å². The number of H-pyrrole nitrogens is 1. The quantitative estimate of drug-likeness (QED) is 0.748. The minimum Gasteiger partial charge on any atom is -0.346 e. The number of aromatic amines is 1. The number of amides is 1. The lowest BCUT2D eigenvalue weighted by Crippen LogP contribution is -2.33. The smallest absolute Gasteiger partial charge is 0.225 e. The molecule has 1 atom stereocenters. The summed E-state index contributed by atoms with van der Waals surface area (Å²) >= 11 is 0. The van der Waals surface area contributed by atoms with Gasteiger partial charge in [-0.3, -0.25) is 4.79 Å². The van der Waals surface area contributed by atoms with Gasteiger partial charge in [0.1, 0.15) is 5.82 Å². The Morgan fingerprint density at radius 2 is 1.83 bits per heavy atom. The summed E-state index contributed by atoms with van der Waals surface area (Å²) in [5.74, 6) is 1.06. The Kier molecular flexibility index (Phi) is 4.65. The molecule has 0 spiro atoms. The van der Waals surface area contributed by atoms with Gasteiger partial charge < -0.3 is 10.3 Å². The van der Waals surface area contributed by atoms with Crippen molar-refractivity contribution in [2.24, 2.45) is 5.92 Å². The molecule has 3 rings (SSSR count). The zero-order chi connectivity index (χ0) is 17.1. The zero-order valence-corrected chi connectivity index (χ0v) is 14.3. The molecule has 0 aliphatic carbocycles. The Hall–Kier alpha value is -2.62. The van der Waals surface area contributed by atoms with Crippen LogP contribution in [0.1, 0.15) is 36.8 Å². The highest BCUT2D eigenvalue weighted by molar-refractivity contribution is 5.79. The third kappa shape index (κ3) is 3.65. The van der Waals surface area contributed by atoms with Crippen molar-refractivity contribution in [1.29, 1.82) is 0 Å². The van der Waals surface area contributed by atoms with Gasteiger partial charge in [0, 0.05) is 0 Å². The van der Waals surface area contributed by atoms with Crippen molar-refractivity contribution >= 4 is 16.9 Å². The Bertz CT molecular complexity index is 800. The number of nitrogens with zero attached hydrogens (tertiary/aromatic N) is 1. The van der Waals surface area contributed by atoms with E-state index in [4.69, 9.17) is 0 Å². The third-order valence-corrected chi connectivity index (χ3v) is 4.17. The maximum atomic E-state index is 12.4. The molecule has 0 aliphatic rings. The first kappa shape index (κ1) is 16.2. The van der Waals surface area contributed by atoms with Gasteiger partial charge in [-0.15, -0.1) is 0 Å². The summed E-state index contributed by atoms with van der Waals surface area (Å²) in [6.45, 7) is 6.22. The lowest BCUT2D eigenvalue weighted by Gasteiger charge is -2.20. The molecule has 1 heterocycles. The molecule has 0 fully saturated rings. The molecule has 2 aromatic carbocycles. The Labute approximate surface area is 142 Å². The number of fused-ring (bicyclic) bond motifs is 1. The summed E-state index contributed by atoms with van der Waals surface area (Å²) in [6, 6.07) is 15.8. The highest BCUT2D eigenvalue weighted by Crippen LogP contribution is 2.22. The number of para-hydroxylation sites is 2. The second-order valence-electron chi connectivity index (χ2n) is 6.59. The number of hydrogen-bond donors (Lipinski definition) is 2. The molecular formula is C20H23N3O. The van der Waals surface area contributed by atoms with Crippen LogP contribution in [0.3, 0.4) is 0 Å². The van der Waals surface area contributed by atoms with Crippen molar-refractivity contribution in [2.45, 2.75) is 33.2 Å². The van der Waals surface area contributed by atoms with E-state index in [2.05, 4.69) is 29.1 Å². The highest BCUT2D eigenvalue weighted by Gasteiger charge is 2.21. The van der Waals surface area contributed by atoms with Crippen LogP contribution >= 0.6 is 0 Å². The van der Waals surface area contributed by atoms with Crippen molar-refractivity contribution in [3.8, 4) is 0 Å². The summed E-state index contributed by atoms with van der Waals surface area (Å²) in [6.07, 6.45) is 0.379. The molecule has 3 aromatic rings. The van der Waals surface area contributed by atoms with E-state index < -0.39 is 0 Å². The first-order valence-corrected chi connectivity index (χ1v) is 8.32. The normalized spacial score (nSPS) is 12.5. The molecule has 24 heavy (non-hydrogen) atoms. The molecular weight excluding hydrogens is 298 g/mol. The van der Waals surface area contributed by atoms with E-state index in [1.165, 1.54) is 5.56 Å². The van der Waals surface area contributed by atoms with Gasteiger partial charge in [0.15, 0.2) is 0 Å². The molecule has 4 heteroatoms. The maximum absolute atomic E-state index is 12.4. The van der Waals surface area contributed by atoms with Crippen molar-refractivity contribution in [2.75, 3.05) is 0 Å². The zero-order valence-electron chi connectivity index (χ0n) is 14.3. The fraction of sp³-hybridized carbons (Fsp3) is 0.300. The monoisotopic (exact) mass is 321 g/mol. The second kappa shape index (κ2) is 6.87. The fourth-order valence-electron chi connectivity index (χ4n) is 2.79. The van der Waals surface area contributed by atoms with Gasteiger partial charge >= 0.3 is 0 Å². The molecule has 1 amide bonds. The molecule has 0 bridgehead atoms. The number of aromatic nitrogens is 2. The highest BCUT2D eigenvalue weighted by atomic mass is 16.1. The van der Waals surface area contributed by atoms with Gasteiger partial charge in [-0.25, -0.2) is 4.98 Å². The maximum Gasteiger partial charge on any atom is 0.225 e. The third-order valence-electron chi connectivity index (χ3n) is 4.17.